The molecule has 1 aliphatic carbocycles. The van der Waals surface area contributed by atoms with Crippen molar-refractivity contribution in [2.24, 2.45) is 0 Å². The molecular formula is C40H40N2OSi2. The van der Waals surface area contributed by atoms with Gasteiger partial charge in [0.2, 0.25) is 11.8 Å². The summed E-state index contributed by atoms with van der Waals surface area (Å²) in [5.74, 6) is 1.14. The molecule has 1 saturated carbocycles. The third-order valence-electron chi connectivity index (χ3n) is 10.1. The van der Waals surface area contributed by atoms with Gasteiger partial charge in [-0.05, 0) is 44.5 Å². The van der Waals surface area contributed by atoms with Crippen LogP contribution in [0.1, 0.15) is 32.1 Å². The monoisotopic (exact) mass is 620 g/mol. The van der Waals surface area contributed by atoms with Crippen LogP contribution in [-0.2, 0) is 0 Å². The van der Waals surface area contributed by atoms with Crippen LogP contribution < -0.4 is 25.9 Å². The van der Waals surface area contributed by atoms with Crippen LogP contribution in [0.2, 0.25) is 18.6 Å². The molecule has 5 aromatic carbocycles. The first-order valence-electron chi connectivity index (χ1n) is 16.3. The Balaban J connectivity index is 1.25. The van der Waals surface area contributed by atoms with Crippen LogP contribution in [0.4, 0.5) is 0 Å². The van der Waals surface area contributed by atoms with Gasteiger partial charge in [-0.2, -0.15) is 0 Å². The van der Waals surface area contributed by atoms with E-state index in [1.54, 1.807) is 0 Å². The second-order valence-electron chi connectivity index (χ2n) is 13.0. The normalized spacial score (nSPS) is 14.4. The van der Waals surface area contributed by atoms with Gasteiger partial charge in [0.05, 0.1) is 8.07 Å². The van der Waals surface area contributed by atoms with Gasteiger partial charge < -0.3 is 4.42 Å². The third kappa shape index (κ3) is 5.56. The molecule has 224 valence electrons. The fraction of sp³-hybridized carbons (Fsp3) is 0.200. The molecule has 6 aromatic rings. The van der Waals surface area contributed by atoms with Gasteiger partial charge >= 0.3 is 0 Å². The first-order chi connectivity index (χ1) is 22.1. The van der Waals surface area contributed by atoms with Crippen LogP contribution in [0.25, 0.3) is 22.9 Å². The van der Waals surface area contributed by atoms with Crippen molar-refractivity contribution in [1.29, 1.82) is 0 Å². The maximum atomic E-state index is 6.35. The Hall–Kier alpha value is -4.33. The highest BCUT2D eigenvalue weighted by Gasteiger charge is 2.41. The predicted molar refractivity (Wildman–Crippen MR) is 193 cm³/mol. The van der Waals surface area contributed by atoms with Crippen LogP contribution in [0, 0.1) is 0 Å². The summed E-state index contributed by atoms with van der Waals surface area (Å²) in [6.07, 6.45) is 6.87. The minimum absolute atomic E-state index is 0.553. The Kier molecular flexibility index (Phi) is 8.22. The lowest BCUT2D eigenvalue weighted by atomic mass is 10.0. The minimum Gasteiger partial charge on any atom is -0.416 e. The number of rotatable bonds is 8. The molecule has 45 heavy (non-hydrogen) atoms. The molecule has 0 N–H and O–H groups in total. The Morgan fingerprint density at radius 3 is 1.49 bits per heavy atom. The topological polar surface area (TPSA) is 38.9 Å². The van der Waals surface area contributed by atoms with Crippen LogP contribution >= 0.6 is 0 Å². The van der Waals surface area contributed by atoms with Crippen molar-refractivity contribution >= 4 is 42.1 Å². The van der Waals surface area contributed by atoms with Crippen molar-refractivity contribution in [3.05, 3.63) is 140 Å². The summed E-state index contributed by atoms with van der Waals surface area (Å²) in [7, 11) is -4.17. The Bertz CT molecular complexity index is 1750. The van der Waals surface area contributed by atoms with Gasteiger partial charge in [-0.1, -0.05) is 172 Å². The summed E-state index contributed by atoms with van der Waals surface area (Å²) >= 11 is 0. The molecule has 0 radical (unpaired) electrons. The van der Waals surface area contributed by atoms with E-state index in [2.05, 4.69) is 163 Å². The van der Waals surface area contributed by atoms with E-state index in [-0.39, 0.29) is 0 Å². The number of aromatic nitrogens is 2. The number of benzene rings is 5. The SMILES string of the molecule is C[Si](C)(c1cccc(-c2nnc(-c3ccc([Si](c4ccccc4)(c4ccccc4)c4ccccc4)cc3)o2)c1)C1CCCCC1. The van der Waals surface area contributed by atoms with Crippen molar-refractivity contribution in [3.8, 4) is 22.9 Å². The molecule has 1 fully saturated rings. The zero-order valence-corrected chi connectivity index (χ0v) is 28.2. The fourth-order valence-corrected chi connectivity index (χ4v) is 15.6. The zero-order valence-electron chi connectivity index (χ0n) is 26.2. The Morgan fingerprint density at radius 1 is 0.489 bits per heavy atom. The van der Waals surface area contributed by atoms with Gasteiger partial charge in [0.1, 0.15) is 0 Å². The van der Waals surface area contributed by atoms with Gasteiger partial charge in [-0.15, -0.1) is 10.2 Å². The number of hydrogen-bond acceptors (Lipinski definition) is 3. The van der Waals surface area contributed by atoms with E-state index in [1.807, 2.05) is 0 Å². The highest BCUT2D eigenvalue weighted by Crippen LogP contribution is 2.37. The van der Waals surface area contributed by atoms with E-state index in [4.69, 9.17) is 4.42 Å². The molecule has 0 bridgehead atoms. The molecule has 0 atom stereocenters. The summed E-state index contributed by atoms with van der Waals surface area (Å²) in [6, 6.07) is 50.8. The van der Waals surface area contributed by atoms with E-state index < -0.39 is 16.1 Å². The quantitative estimate of drug-likeness (QED) is 0.136. The highest BCUT2D eigenvalue weighted by atomic mass is 28.3. The van der Waals surface area contributed by atoms with E-state index in [0.717, 1.165) is 16.7 Å². The van der Waals surface area contributed by atoms with Crippen molar-refractivity contribution in [2.45, 2.75) is 50.7 Å². The molecule has 0 spiro atoms. The summed E-state index contributed by atoms with van der Waals surface area (Å²) < 4.78 is 6.35. The van der Waals surface area contributed by atoms with Gasteiger partial charge in [-0.25, -0.2) is 0 Å². The van der Waals surface area contributed by atoms with Crippen molar-refractivity contribution in [1.82, 2.24) is 10.2 Å². The summed E-state index contributed by atoms with van der Waals surface area (Å²) in [6.45, 7) is 5.07. The van der Waals surface area contributed by atoms with E-state index >= 15 is 0 Å². The molecule has 1 aromatic heterocycles. The Labute approximate surface area is 269 Å². The van der Waals surface area contributed by atoms with Gasteiger partial charge in [0.15, 0.2) is 8.07 Å². The molecule has 3 nitrogen and oxygen atoms in total. The van der Waals surface area contributed by atoms with E-state index in [9.17, 15) is 0 Å². The molecule has 1 heterocycles. The number of nitrogens with zero attached hydrogens (tertiary/aromatic N) is 2. The number of hydrogen-bond donors (Lipinski definition) is 0. The van der Waals surface area contributed by atoms with Gasteiger partial charge in [0.25, 0.3) is 0 Å². The first kappa shape index (κ1) is 29.4. The van der Waals surface area contributed by atoms with Crippen molar-refractivity contribution < 1.29 is 4.42 Å². The van der Waals surface area contributed by atoms with Gasteiger partial charge in [0, 0.05) is 11.1 Å². The standard InChI is InChI=1S/C40H40N2OSi2/c1-44(2,33-17-7-3-8-18-33)38-25-15-16-32(30-38)40-42-41-39(43-40)31-26-28-37(29-27-31)45(34-19-9-4-10-20-34,35-21-11-5-12-22-35)36-23-13-6-14-24-36/h4-6,9-16,19-30,33H,3,7-8,17-18H2,1-2H3. The minimum atomic E-state index is -2.57. The average Bonchev–Trinajstić information content (AvgIpc) is 3.62. The molecule has 0 amide bonds. The molecule has 0 aliphatic heterocycles. The lowest BCUT2D eigenvalue weighted by Crippen LogP contribution is -2.74. The lowest BCUT2D eigenvalue weighted by Gasteiger charge is -2.36. The largest absolute Gasteiger partial charge is 0.416 e. The maximum absolute atomic E-state index is 6.35. The first-order valence-corrected chi connectivity index (χ1v) is 21.4. The fourth-order valence-electron chi connectivity index (χ4n) is 7.50. The third-order valence-corrected chi connectivity index (χ3v) is 19.3. The summed E-state index contributed by atoms with van der Waals surface area (Å²) in [4.78, 5) is 0. The van der Waals surface area contributed by atoms with Crippen LogP contribution in [0.5, 0.6) is 0 Å². The molecular weight excluding hydrogens is 581 g/mol. The van der Waals surface area contributed by atoms with Crippen LogP contribution in [0.3, 0.4) is 0 Å². The molecule has 0 unspecified atom stereocenters. The molecule has 0 saturated heterocycles. The molecule has 5 heteroatoms. The second-order valence-corrected chi connectivity index (χ2v) is 21.6. The molecule has 1 aliphatic rings. The van der Waals surface area contributed by atoms with Crippen LogP contribution in [-0.4, -0.2) is 26.3 Å². The van der Waals surface area contributed by atoms with Gasteiger partial charge in [-0.3, -0.25) is 0 Å². The van der Waals surface area contributed by atoms with E-state index in [0.29, 0.717) is 11.8 Å². The summed E-state index contributed by atoms with van der Waals surface area (Å²) in [5, 5.41) is 15.9. The predicted octanol–water partition coefficient (Wildman–Crippen LogP) is 7.03. The van der Waals surface area contributed by atoms with Crippen molar-refractivity contribution in [2.75, 3.05) is 0 Å². The zero-order chi connectivity index (χ0) is 30.7. The lowest BCUT2D eigenvalue weighted by molar-refractivity contribution is 0.494. The molecule has 7 rings (SSSR count). The maximum Gasteiger partial charge on any atom is 0.248 e. The van der Waals surface area contributed by atoms with Crippen molar-refractivity contribution in [3.63, 3.8) is 0 Å². The van der Waals surface area contributed by atoms with E-state index in [1.165, 1.54) is 58.0 Å². The summed E-state index contributed by atoms with van der Waals surface area (Å²) in [5.41, 5.74) is 2.79. The average molecular weight is 621 g/mol. The van der Waals surface area contributed by atoms with Crippen LogP contribution in [0.15, 0.2) is 144 Å². The Morgan fingerprint density at radius 2 is 0.956 bits per heavy atom. The second kappa shape index (κ2) is 12.6. The smallest absolute Gasteiger partial charge is 0.248 e. The highest BCUT2D eigenvalue weighted by molar-refractivity contribution is 7.19.